The Hall–Kier alpha value is -1.29. The molecule has 3 rings (SSSR count). The Morgan fingerprint density at radius 2 is 1.82 bits per heavy atom. The molecule has 0 amide bonds. The van der Waals surface area contributed by atoms with Crippen LogP contribution >= 0.6 is 0 Å². The summed E-state index contributed by atoms with van der Waals surface area (Å²) < 4.78 is 5.27. The number of hydrogen-bond acceptors (Lipinski definition) is 3. The lowest BCUT2D eigenvalue weighted by molar-refractivity contribution is -0.133. The summed E-state index contributed by atoms with van der Waals surface area (Å²) in [4.78, 5) is 24.2. The molecule has 1 saturated heterocycles. The molecule has 2 aliphatic rings. The SMILES string of the molecule is O=C1Oc2ccccc2C(=O)[C@H]1[S+]1CCCC1. The van der Waals surface area contributed by atoms with E-state index in [-0.39, 0.29) is 22.6 Å². The monoisotopic (exact) mass is 249 g/mol. The average Bonchev–Trinajstić information content (AvgIpc) is 2.83. The zero-order valence-electron chi connectivity index (χ0n) is 9.35. The van der Waals surface area contributed by atoms with E-state index in [2.05, 4.69) is 0 Å². The van der Waals surface area contributed by atoms with Crippen LogP contribution in [0.3, 0.4) is 0 Å². The van der Waals surface area contributed by atoms with Gasteiger partial charge in [-0.05, 0) is 25.0 Å². The van der Waals surface area contributed by atoms with Crippen molar-refractivity contribution in [2.75, 3.05) is 11.5 Å². The maximum Gasteiger partial charge on any atom is 0.373 e. The normalized spacial score (nSPS) is 24.6. The van der Waals surface area contributed by atoms with E-state index in [4.69, 9.17) is 4.74 Å². The van der Waals surface area contributed by atoms with Crippen LogP contribution in [0.1, 0.15) is 23.2 Å². The van der Waals surface area contributed by atoms with Crippen LogP contribution in [0.4, 0.5) is 0 Å². The molecule has 17 heavy (non-hydrogen) atoms. The van der Waals surface area contributed by atoms with Gasteiger partial charge in [-0.25, -0.2) is 4.79 Å². The van der Waals surface area contributed by atoms with E-state index in [1.165, 1.54) is 0 Å². The predicted octanol–water partition coefficient (Wildman–Crippen LogP) is 1.57. The quantitative estimate of drug-likeness (QED) is 0.328. The van der Waals surface area contributed by atoms with Crippen LogP contribution in [0.2, 0.25) is 0 Å². The molecule has 0 radical (unpaired) electrons. The van der Waals surface area contributed by atoms with Gasteiger partial charge in [0.2, 0.25) is 5.78 Å². The molecule has 88 valence electrons. The van der Waals surface area contributed by atoms with Gasteiger partial charge >= 0.3 is 5.97 Å². The molecule has 0 aromatic heterocycles. The fourth-order valence-corrected chi connectivity index (χ4v) is 4.94. The molecule has 1 atom stereocenters. The fourth-order valence-electron chi connectivity index (χ4n) is 2.37. The second-order valence-electron chi connectivity index (χ2n) is 4.31. The third-order valence-corrected chi connectivity index (χ3v) is 5.91. The van der Waals surface area contributed by atoms with Gasteiger partial charge in [0.25, 0.3) is 5.25 Å². The van der Waals surface area contributed by atoms with Crippen molar-refractivity contribution in [1.29, 1.82) is 0 Å². The van der Waals surface area contributed by atoms with Gasteiger partial charge in [0.05, 0.1) is 5.56 Å². The van der Waals surface area contributed by atoms with Crippen molar-refractivity contribution < 1.29 is 14.3 Å². The Morgan fingerprint density at radius 1 is 1.12 bits per heavy atom. The molecular formula is C13H13O3S+. The number of para-hydroxylation sites is 1. The molecule has 0 unspecified atom stereocenters. The highest BCUT2D eigenvalue weighted by Gasteiger charge is 2.49. The Labute approximate surface area is 103 Å². The zero-order chi connectivity index (χ0) is 11.8. The minimum Gasteiger partial charge on any atom is -0.422 e. The summed E-state index contributed by atoms with van der Waals surface area (Å²) in [5.41, 5.74) is 0.566. The molecule has 0 saturated carbocycles. The van der Waals surface area contributed by atoms with E-state index in [0.29, 0.717) is 11.3 Å². The number of benzene rings is 1. The van der Waals surface area contributed by atoms with Crippen LogP contribution in [0.5, 0.6) is 5.75 Å². The van der Waals surface area contributed by atoms with Crippen LogP contribution in [-0.2, 0) is 15.7 Å². The number of ketones is 1. The Balaban J connectivity index is 1.97. The van der Waals surface area contributed by atoms with Gasteiger partial charge in [-0.15, -0.1) is 0 Å². The summed E-state index contributed by atoms with van der Waals surface area (Å²) in [6.45, 7) is 0. The molecule has 4 heteroatoms. The third kappa shape index (κ3) is 1.76. The smallest absolute Gasteiger partial charge is 0.373 e. The van der Waals surface area contributed by atoms with Crippen molar-refractivity contribution in [2.24, 2.45) is 0 Å². The highest BCUT2D eigenvalue weighted by molar-refractivity contribution is 7.99. The van der Waals surface area contributed by atoms with Gasteiger partial charge in [0.1, 0.15) is 17.3 Å². The molecule has 2 heterocycles. The summed E-state index contributed by atoms with van der Waals surface area (Å²) in [6.07, 6.45) is 2.25. The number of hydrogen-bond donors (Lipinski definition) is 0. The third-order valence-electron chi connectivity index (χ3n) is 3.21. The van der Waals surface area contributed by atoms with Gasteiger partial charge in [-0.2, -0.15) is 0 Å². The van der Waals surface area contributed by atoms with Crippen molar-refractivity contribution in [3.63, 3.8) is 0 Å². The Morgan fingerprint density at radius 3 is 2.59 bits per heavy atom. The number of fused-ring (bicyclic) bond motifs is 1. The topological polar surface area (TPSA) is 43.4 Å². The second-order valence-corrected chi connectivity index (χ2v) is 6.68. The number of rotatable bonds is 1. The summed E-state index contributed by atoms with van der Waals surface area (Å²) in [5, 5.41) is -0.535. The van der Waals surface area contributed by atoms with Crippen molar-refractivity contribution in [3.05, 3.63) is 29.8 Å². The minimum atomic E-state index is -0.535. The number of Topliss-reactive ketones (excluding diaryl/α,β-unsaturated/α-hetero) is 1. The number of carbonyl (C=O) groups is 2. The first-order valence-corrected chi connectivity index (χ1v) is 7.41. The maximum absolute atomic E-state index is 12.3. The van der Waals surface area contributed by atoms with Crippen LogP contribution in [0.15, 0.2) is 24.3 Å². The minimum absolute atomic E-state index is 0.0397. The molecule has 0 aliphatic carbocycles. The lowest BCUT2D eigenvalue weighted by Crippen LogP contribution is -2.44. The Bertz CT molecular complexity index is 477. The van der Waals surface area contributed by atoms with Crippen molar-refractivity contribution in [1.82, 2.24) is 0 Å². The summed E-state index contributed by atoms with van der Waals surface area (Å²) in [6, 6.07) is 7.01. The van der Waals surface area contributed by atoms with E-state index in [0.717, 1.165) is 24.3 Å². The number of ether oxygens (including phenoxy) is 1. The first-order valence-electron chi connectivity index (χ1n) is 5.78. The molecule has 1 fully saturated rings. The van der Waals surface area contributed by atoms with Gasteiger partial charge in [-0.3, -0.25) is 4.79 Å². The van der Waals surface area contributed by atoms with Gasteiger partial charge in [-0.1, -0.05) is 12.1 Å². The van der Waals surface area contributed by atoms with Crippen LogP contribution in [0.25, 0.3) is 0 Å². The van der Waals surface area contributed by atoms with E-state index in [9.17, 15) is 9.59 Å². The zero-order valence-corrected chi connectivity index (χ0v) is 10.2. The first kappa shape index (κ1) is 10.8. The van der Waals surface area contributed by atoms with E-state index < -0.39 is 5.25 Å². The summed E-state index contributed by atoms with van der Waals surface area (Å²) in [7, 11) is -0.105. The molecule has 1 aromatic carbocycles. The number of carbonyl (C=O) groups excluding carboxylic acids is 2. The standard InChI is InChI=1S/C13H13O3S/c14-11-9-5-1-2-6-10(9)16-13(15)12(11)17-7-3-4-8-17/h1-2,5-6,12H,3-4,7-8H2/q+1/t12-/m1/s1. The summed E-state index contributed by atoms with van der Waals surface area (Å²) >= 11 is 0. The van der Waals surface area contributed by atoms with Crippen LogP contribution in [-0.4, -0.2) is 28.5 Å². The van der Waals surface area contributed by atoms with Crippen molar-refractivity contribution >= 4 is 22.6 Å². The Kier molecular flexibility index (Phi) is 2.67. The predicted molar refractivity (Wildman–Crippen MR) is 66.5 cm³/mol. The van der Waals surface area contributed by atoms with Gasteiger partial charge < -0.3 is 4.74 Å². The van der Waals surface area contributed by atoms with Crippen molar-refractivity contribution in [3.8, 4) is 5.75 Å². The van der Waals surface area contributed by atoms with E-state index in [1.807, 2.05) is 6.07 Å². The lowest BCUT2D eigenvalue weighted by Gasteiger charge is -2.20. The molecule has 2 aliphatic heterocycles. The van der Waals surface area contributed by atoms with Gasteiger partial charge in [0, 0.05) is 10.9 Å². The van der Waals surface area contributed by atoms with E-state index >= 15 is 0 Å². The molecule has 0 N–H and O–H groups in total. The average molecular weight is 249 g/mol. The van der Waals surface area contributed by atoms with E-state index in [1.54, 1.807) is 18.2 Å². The maximum atomic E-state index is 12.3. The molecular weight excluding hydrogens is 236 g/mol. The summed E-state index contributed by atoms with van der Waals surface area (Å²) in [5.74, 6) is 2.02. The lowest BCUT2D eigenvalue weighted by atomic mass is 10.0. The fraction of sp³-hybridized carbons (Fsp3) is 0.385. The largest absolute Gasteiger partial charge is 0.422 e. The molecule has 1 aromatic rings. The first-order chi connectivity index (χ1) is 8.27. The second kappa shape index (κ2) is 4.18. The molecule has 0 bridgehead atoms. The highest BCUT2D eigenvalue weighted by atomic mass is 32.2. The highest BCUT2D eigenvalue weighted by Crippen LogP contribution is 2.31. The molecule has 0 spiro atoms. The van der Waals surface area contributed by atoms with Gasteiger partial charge in [0.15, 0.2) is 0 Å². The molecule has 3 nitrogen and oxygen atoms in total. The van der Waals surface area contributed by atoms with Crippen LogP contribution < -0.4 is 4.74 Å². The van der Waals surface area contributed by atoms with Crippen LogP contribution in [0, 0.1) is 0 Å². The van der Waals surface area contributed by atoms with Crippen molar-refractivity contribution in [2.45, 2.75) is 18.1 Å². The number of esters is 1.